The van der Waals surface area contributed by atoms with Gasteiger partial charge in [0.25, 0.3) is 0 Å². The van der Waals surface area contributed by atoms with Crippen LogP contribution < -0.4 is 15.8 Å². The number of nitrogens with zero attached hydrogens (tertiary/aromatic N) is 2. The van der Waals surface area contributed by atoms with Gasteiger partial charge in [0.2, 0.25) is 21.8 Å². The Balaban J connectivity index is 1.77. The van der Waals surface area contributed by atoms with Crippen molar-refractivity contribution in [1.82, 2.24) is 14.5 Å². The maximum absolute atomic E-state index is 11.9. The minimum atomic E-state index is -3.64. The molecule has 2 amide bonds. The fourth-order valence-electron chi connectivity index (χ4n) is 1.98. The van der Waals surface area contributed by atoms with E-state index < -0.39 is 21.8 Å². The molecule has 1 aromatic carbocycles. The van der Waals surface area contributed by atoms with E-state index in [1.54, 1.807) is 24.3 Å². The smallest absolute Gasteiger partial charge is 0.239 e. The number of aromatic nitrogens is 2. The van der Waals surface area contributed by atoms with Crippen LogP contribution in [0.1, 0.15) is 12.0 Å². The normalized spacial score (nSPS) is 11.5. The Kier molecular flexibility index (Phi) is 6.64. The first kappa shape index (κ1) is 19.3. The summed E-state index contributed by atoms with van der Waals surface area (Å²) in [5.74, 6) is -0.942. The van der Waals surface area contributed by atoms with E-state index in [-0.39, 0.29) is 19.5 Å². The van der Waals surface area contributed by atoms with Gasteiger partial charge in [0.15, 0.2) is 0 Å². The predicted octanol–water partition coefficient (Wildman–Crippen LogP) is 0.287. The molecule has 0 saturated heterocycles. The Morgan fingerprint density at radius 3 is 2.65 bits per heavy atom. The monoisotopic (exact) mass is 377 g/mol. The molecule has 9 nitrogen and oxygen atoms in total. The van der Waals surface area contributed by atoms with Crippen molar-refractivity contribution < 1.29 is 18.0 Å². The number of nitrogens with two attached hydrogens (primary N) is 1. The number of sulfonamides is 1. The molecule has 0 radical (unpaired) electrons. The Labute approximate surface area is 150 Å². The van der Waals surface area contributed by atoms with E-state index in [1.165, 1.54) is 23.2 Å². The highest BCUT2D eigenvalue weighted by Crippen LogP contribution is 2.05. The molecule has 4 N–H and O–H groups in total. The number of amides is 2. The number of rotatable bonds is 9. The summed E-state index contributed by atoms with van der Waals surface area (Å²) in [5, 5.41) is 7.46. The highest BCUT2D eigenvalue weighted by molar-refractivity contribution is 7.92. The van der Waals surface area contributed by atoms with Crippen LogP contribution in [0.3, 0.4) is 0 Å². The van der Waals surface area contributed by atoms with E-state index in [2.05, 4.69) is 15.1 Å². The van der Waals surface area contributed by atoms with E-state index in [1.807, 2.05) is 6.07 Å². The first-order valence-electron chi connectivity index (χ1n) is 7.67. The molecule has 10 heteroatoms. The summed E-state index contributed by atoms with van der Waals surface area (Å²) in [6.45, 7) is -0.147. The van der Waals surface area contributed by atoms with E-state index in [0.29, 0.717) is 5.69 Å². The summed E-state index contributed by atoms with van der Waals surface area (Å²) in [7, 11) is -3.64. The quantitative estimate of drug-likeness (QED) is 0.577. The standard InChI is InChI=1S/C16H19N5O4S/c17-15(22)12-21-11-14(10-18-21)20-16(23)6-8-19-26(24,25)9-7-13-4-2-1-3-5-13/h1-5,7,9-11,19H,6,8,12H2,(H2,17,22)(H,20,23)/b9-7+. The molecule has 0 aliphatic carbocycles. The van der Waals surface area contributed by atoms with Crippen molar-refractivity contribution in [3.8, 4) is 0 Å². The van der Waals surface area contributed by atoms with Crippen LogP contribution in [0.5, 0.6) is 0 Å². The van der Waals surface area contributed by atoms with E-state index >= 15 is 0 Å². The van der Waals surface area contributed by atoms with Crippen LogP contribution in [0.25, 0.3) is 6.08 Å². The maximum Gasteiger partial charge on any atom is 0.239 e. The number of primary amides is 1. The molecule has 0 saturated carbocycles. The average Bonchev–Trinajstić information content (AvgIpc) is 3.00. The molecule has 138 valence electrons. The Morgan fingerprint density at radius 1 is 1.23 bits per heavy atom. The average molecular weight is 377 g/mol. The van der Waals surface area contributed by atoms with Crippen LogP contribution in [0, 0.1) is 0 Å². The predicted molar refractivity (Wildman–Crippen MR) is 97.1 cm³/mol. The lowest BCUT2D eigenvalue weighted by Crippen LogP contribution is -2.26. The molecule has 0 fully saturated rings. The molecule has 0 bridgehead atoms. The lowest BCUT2D eigenvalue weighted by Gasteiger charge is -2.04. The second kappa shape index (κ2) is 8.92. The molecule has 0 atom stereocenters. The second-order valence-corrected chi connectivity index (χ2v) is 6.99. The van der Waals surface area contributed by atoms with Crippen molar-refractivity contribution >= 4 is 33.6 Å². The van der Waals surface area contributed by atoms with Crippen LogP contribution >= 0.6 is 0 Å². The molecule has 0 unspecified atom stereocenters. The summed E-state index contributed by atoms with van der Waals surface area (Å²) in [6.07, 6.45) is 4.23. The van der Waals surface area contributed by atoms with Gasteiger partial charge in [-0.1, -0.05) is 30.3 Å². The van der Waals surface area contributed by atoms with Crippen LogP contribution in [-0.4, -0.2) is 36.6 Å². The zero-order valence-electron chi connectivity index (χ0n) is 13.8. The van der Waals surface area contributed by atoms with Gasteiger partial charge in [-0.2, -0.15) is 5.10 Å². The summed E-state index contributed by atoms with van der Waals surface area (Å²) < 4.78 is 27.3. The van der Waals surface area contributed by atoms with Crippen molar-refractivity contribution in [1.29, 1.82) is 0 Å². The van der Waals surface area contributed by atoms with Crippen LogP contribution in [-0.2, 0) is 26.2 Å². The summed E-state index contributed by atoms with van der Waals surface area (Å²) in [5.41, 5.74) is 6.19. The first-order chi connectivity index (χ1) is 12.3. The van der Waals surface area contributed by atoms with Crippen molar-refractivity contribution in [3.05, 3.63) is 53.7 Å². The Hall–Kier alpha value is -2.98. The van der Waals surface area contributed by atoms with Gasteiger partial charge in [0.05, 0.1) is 11.9 Å². The van der Waals surface area contributed by atoms with Crippen molar-refractivity contribution in [3.63, 3.8) is 0 Å². The largest absolute Gasteiger partial charge is 0.368 e. The van der Waals surface area contributed by atoms with Crippen LogP contribution in [0.4, 0.5) is 5.69 Å². The third-order valence-corrected chi connectivity index (χ3v) is 4.23. The lowest BCUT2D eigenvalue weighted by atomic mass is 10.2. The van der Waals surface area contributed by atoms with Crippen molar-refractivity contribution in [2.45, 2.75) is 13.0 Å². The highest BCUT2D eigenvalue weighted by Gasteiger charge is 2.09. The first-order valence-corrected chi connectivity index (χ1v) is 9.22. The number of hydrogen-bond acceptors (Lipinski definition) is 5. The molecule has 0 aliphatic rings. The molecule has 0 aliphatic heterocycles. The van der Waals surface area contributed by atoms with E-state index in [0.717, 1.165) is 11.0 Å². The van der Waals surface area contributed by atoms with Gasteiger partial charge < -0.3 is 11.1 Å². The van der Waals surface area contributed by atoms with Gasteiger partial charge in [0.1, 0.15) is 6.54 Å². The topological polar surface area (TPSA) is 136 Å². The number of carbonyl (C=O) groups is 2. The van der Waals surface area contributed by atoms with Crippen LogP contribution in [0.15, 0.2) is 48.1 Å². The van der Waals surface area contributed by atoms with Crippen molar-refractivity contribution in [2.24, 2.45) is 5.73 Å². The van der Waals surface area contributed by atoms with Crippen LogP contribution in [0.2, 0.25) is 0 Å². The minimum Gasteiger partial charge on any atom is -0.368 e. The van der Waals surface area contributed by atoms with Gasteiger partial charge >= 0.3 is 0 Å². The number of hydrogen-bond donors (Lipinski definition) is 3. The van der Waals surface area contributed by atoms with Gasteiger partial charge in [-0.05, 0) is 11.6 Å². The zero-order valence-corrected chi connectivity index (χ0v) is 14.6. The SMILES string of the molecule is NC(=O)Cn1cc(NC(=O)CCNS(=O)(=O)/C=C/c2ccccc2)cn1. The van der Waals surface area contributed by atoms with E-state index in [4.69, 9.17) is 5.73 Å². The molecule has 0 spiro atoms. The molecule has 1 heterocycles. The molecule has 26 heavy (non-hydrogen) atoms. The molecule has 2 aromatic rings. The second-order valence-electron chi connectivity index (χ2n) is 5.34. The Bertz CT molecular complexity index is 890. The van der Waals surface area contributed by atoms with Crippen molar-refractivity contribution in [2.75, 3.05) is 11.9 Å². The minimum absolute atomic E-state index is 0.0529. The number of carbonyl (C=O) groups excluding carboxylic acids is 2. The van der Waals surface area contributed by atoms with Gasteiger partial charge in [-0.25, -0.2) is 13.1 Å². The Morgan fingerprint density at radius 2 is 1.96 bits per heavy atom. The van der Waals surface area contributed by atoms with Gasteiger partial charge in [-0.15, -0.1) is 0 Å². The fraction of sp³-hybridized carbons (Fsp3) is 0.188. The molecule has 2 rings (SSSR count). The summed E-state index contributed by atoms with van der Waals surface area (Å²) in [6, 6.07) is 8.99. The highest BCUT2D eigenvalue weighted by atomic mass is 32.2. The number of anilines is 1. The van der Waals surface area contributed by atoms with Gasteiger partial charge in [0, 0.05) is 24.6 Å². The number of nitrogens with one attached hydrogen (secondary N) is 2. The summed E-state index contributed by atoms with van der Waals surface area (Å²) >= 11 is 0. The van der Waals surface area contributed by atoms with Gasteiger partial charge in [-0.3, -0.25) is 14.3 Å². The maximum atomic E-state index is 11.9. The molecule has 1 aromatic heterocycles. The zero-order chi connectivity index (χ0) is 19.0. The van der Waals surface area contributed by atoms with E-state index in [9.17, 15) is 18.0 Å². The third-order valence-electron chi connectivity index (χ3n) is 3.13. The number of benzene rings is 1. The summed E-state index contributed by atoms with van der Waals surface area (Å²) in [4.78, 5) is 22.6. The fourth-order valence-corrected chi connectivity index (χ4v) is 2.80. The molecular weight excluding hydrogens is 358 g/mol. The molecular formula is C16H19N5O4S. The third kappa shape index (κ3) is 6.87. The lowest BCUT2D eigenvalue weighted by molar-refractivity contribution is -0.118.